The van der Waals surface area contributed by atoms with E-state index in [0.717, 1.165) is 48.7 Å². The van der Waals surface area contributed by atoms with Crippen LogP contribution in [0.3, 0.4) is 0 Å². The second kappa shape index (κ2) is 9.58. The van der Waals surface area contributed by atoms with Crippen LogP contribution in [0.2, 0.25) is 0 Å². The summed E-state index contributed by atoms with van der Waals surface area (Å²) in [4.78, 5) is 60.3. The second-order valence-corrected chi connectivity index (χ2v) is 15.6. The molecule has 3 amide bonds. The summed E-state index contributed by atoms with van der Waals surface area (Å²) in [5.74, 6) is -0.269. The molecule has 1 aromatic carbocycles. The quantitative estimate of drug-likeness (QED) is 0.535. The number of hydrogen-bond acceptors (Lipinski definition) is 6. The van der Waals surface area contributed by atoms with E-state index < -0.39 is 0 Å². The van der Waals surface area contributed by atoms with E-state index in [2.05, 4.69) is 50.0 Å². The van der Waals surface area contributed by atoms with Gasteiger partial charge in [-0.25, -0.2) is 0 Å². The molecule has 7 nitrogen and oxygen atoms in total. The SMILES string of the molecule is CC(C)(C)c1ccc(C2c3sc(=O)[nH]c3SC3C4CC(C5C(=O)N(CCC(=O)N6CCCCC6)C(=O)C45)C23)cc1. The van der Waals surface area contributed by atoms with E-state index in [1.54, 1.807) is 11.8 Å². The number of fused-ring (bicyclic) bond motifs is 9. The smallest absolute Gasteiger partial charge is 0.305 e. The number of thiazole rings is 1. The predicted octanol–water partition coefficient (Wildman–Crippen LogP) is 4.61. The summed E-state index contributed by atoms with van der Waals surface area (Å²) < 4.78 is 0. The van der Waals surface area contributed by atoms with Crippen LogP contribution >= 0.6 is 23.1 Å². The Morgan fingerprint density at radius 1 is 0.975 bits per heavy atom. The fourth-order valence-corrected chi connectivity index (χ4v) is 11.3. The Kier molecular flexibility index (Phi) is 6.35. The van der Waals surface area contributed by atoms with E-state index in [1.165, 1.54) is 27.4 Å². The average molecular weight is 580 g/mol. The molecule has 2 aromatic rings. The summed E-state index contributed by atoms with van der Waals surface area (Å²) in [6, 6.07) is 8.80. The molecule has 2 saturated carbocycles. The van der Waals surface area contributed by atoms with Crippen LogP contribution in [0, 0.1) is 29.6 Å². The van der Waals surface area contributed by atoms with Crippen molar-refractivity contribution in [2.45, 2.75) is 74.5 Å². The van der Waals surface area contributed by atoms with Gasteiger partial charge >= 0.3 is 4.87 Å². The summed E-state index contributed by atoms with van der Waals surface area (Å²) in [7, 11) is 0. The fourth-order valence-electron chi connectivity index (χ4n) is 8.37. The van der Waals surface area contributed by atoms with Gasteiger partial charge in [-0.2, -0.15) is 0 Å². The number of piperidine rings is 1. The van der Waals surface area contributed by atoms with Crippen molar-refractivity contribution in [3.05, 3.63) is 49.9 Å². The lowest BCUT2D eigenvalue weighted by atomic mass is 9.68. The van der Waals surface area contributed by atoms with Gasteiger partial charge < -0.3 is 9.88 Å². The van der Waals surface area contributed by atoms with Crippen LogP contribution in [0.25, 0.3) is 0 Å². The molecule has 0 spiro atoms. The van der Waals surface area contributed by atoms with Crippen molar-refractivity contribution < 1.29 is 14.4 Å². The standard InChI is InChI=1S/C31H37N3O4S2/c1-31(2,3)17-9-7-16(8-10-17)21-22-18-15-19(25(22)39-27-26(21)40-30(38)32-27)24-23(18)28(36)34(29(24)37)14-11-20(35)33-12-5-4-6-13-33/h7-10,18-19,21-25H,4-6,11-15H2,1-3H3,(H,32,38). The zero-order valence-corrected chi connectivity index (χ0v) is 25.0. The highest BCUT2D eigenvalue weighted by Gasteiger charge is 2.69. The first-order valence-electron chi connectivity index (χ1n) is 14.8. The van der Waals surface area contributed by atoms with Crippen molar-refractivity contribution in [1.29, 1.82) is 0 Å². The van der Waals surface area contributed by atoms with Gasteiger partial charge in [-0.1, -0.05) is 56.4 Å². The molecule has 1 N–H and O–H groups in total. The van der Waals surface area contributed by atoms with Gasteiger partial charge in [0.2, 0.25) is 17.7 Å². The Morgan fingerprint density at radius 2 is 1.65 bits per heavy atom. The number of hydrogen-bond donors (Lipinski definition) is 1. The normalized spacial score (nSPS) is 32.8. The molecule has 2 aliphatic carbocycles. The lowest BCUT2D eigenvalue weighted by Gasteiger charge is -2.43. The monoisotopic (exact) mass is 579 g/mol. The summed E-state index contributed by atoms with van der Waals surface area (Å²) >= 11 is 3.01. The minimum atomic E-state index is -0.307. The maximum absolute atomic E-state index is 13.8. The first-order chi connectivity index (χ1) is 19.1. The van der Waals surface area contributed by atoms with E-state index in [0.29, 0.717) is 0 Å². The summed E-state index contributed by atoms with van der Waals surface area (Å²) in [6.07, 6.45) is 4.30. The van der Waals surface area contributed by atoms with Gasteiger partial charge in [0.15, 0.2) is 0 Å². The van der Waals surface area contributed by atoms with Gasteiger partial charge in [0.1, 0.15) is 0 Å². The summed E-state index contributed by atoms with van der Waals surface area (Å²) in [5.41, 5.74) is 2.49. The minimum absolute atomic E-state index is 0.0350. The number of nitrogens with one attached hydrogen (secondary N) is 1. The molecule has 212 valence electrons. The van der Waals surface area contributed by atoms with Crippen molar-refractivity contribution in [2.24, 2.45) is 29.6 Å². The molecule has 1 aromatic heterocycles. The highest BCUT2D eigenvalue weighted by molar-refractivity contribution is 8.00. The number of benzene rings is 1. The van der Waals surface area contributed by atoms with Crippen LogP contribution < -0.4 is 4.87 Å². The highest BCUT2D eigenvalue weighted by Crippen LogP contribution is 2.68. The maximum atomic E-state index is 13.8. The number of likely N-dealkylation sites (tertiary alicyclic amines) is 2. The van der Waals surface area contributed by atoms with Gasteiger partial charge in [0.05, 0.1) is 16.9 Å². The van der Waals surface area contributed by atoms with Crippen LogP contribution in [0.4, 0.5) is 0 Å². The number of nitrogens with zero attached hydrogens (tertiary/aromatic N) is 2. The molecule has 7 unspecified atom stereocenters. The third-order valence-corrected chi connectivity index (χ3v) is 12.8. The van der Waals surface area contributed by atoms with Crippen molar-refractivity contribution >= 4 is 40.8 Å². The average Bonchev–Trinajstić information content (AvgIpc) is 3.66. The van der Waals surface area contributed by atoms with Crippen molar-refractivity contribution in [1.82, 2.24) is 14.8 Å². The van der Waals surface area contributed by atoms with Crippen molar-refractivity contribution in [2.75, 3.05) is 19.6 Å². The van der Waals surface area contributed by atoms with E-state index in [4.69, 9.17) is 0 Å². The van der Waals surface area contributed by atoms with Gasteiger partial charge in [-0.15, -0.1) is 11.8 Å². The van der Waals surface area contributed by atoms with Crippen molar-refractivity contribution in [3.8, 4) is 0 Å². The number of aromatic nitrogens is 1. The molecular formula is C31H37N3O4S2. The third-order valence-electron chi connectivity index (χ3n) is 10.2. The number of imide groups is 1. The zero-order valence-electron chi connectivity index (χ0n) is 23.4. The first kappa shape index (κ1) is 26.5. The van der Waals surface area contributed by atoms with Crippen LogP contribution in [0.1, 0.15) is 74.8 Å². The topological polar surface area (TPSA) is 90.6 Å². The molecule has 2 bridgehead atoms. The Bertz CT molecular complexity index is 1420. The van der Waals surface area contributed by atoms with Crippen LogP contribution in [-0.4, -0.2) is 57.4 Å². The van der Waals surface area contributed by atoms with Gasteiger partial charge in [0, 0.05) is 42.1 Å². The molecule has 9 heteroatoms. The summed E-state index contributed by atoms with van der Waals surface area (Å²) in [6.45, 7) is 8.37. The molecule has 7 rings (SSSR count). The maximum Gasteiger partial charge on any atom is 0.305 e. The Morgan fingerprint density at radius 3 is 2.33 bits per heavy atom. The van der Waals surface area contributed by atoms with Crippen LogP contribution in [0.5, 0.6) is 0 Å². The highest BCUT2D eigenvalue weighted by atomic mass is 32.2. The molecule has 2 saturated heterocycles. The van der Waals surface area contributed by atoms with Gasteiger partial charge in [-0.05, 0) is 60.0 Å². The fraction of sp³-hybridized carbons (Fsp3) is 0.613. The van der Waals surface area contributed by atoms with Gasteiger partial charge in [-0.3, -0.25) is 24.1 Å². The number of rotatable bonds is 4. The van der Waals surface area contributed by atoms with Crippen LogP contribution in [0.15, 0.2) is 34.1 Å². The number of amides is 3. The molecule has 4 heterocycles. The van der Waals surface area contributed by atoms with Gasteiger partial charge in [0.25, 0.3) is 0 Å². The number of carbonyl (C=O) groups excluding carboxylic acids is 3. The molecule has 0 radical (unpaired) electrons. The lowest BCUT2D eigenvalue weighted by molar-refractivity contribution is -0.141. The minimum Gasteiger partial charge on any atom is -0.343 e. The predicted molar refractivity (Wildman–Crippen MR) is 155 cm³/mol. The summed E-state index contributed by atoms with van der Waals surface area (Å²) in [5, 5.41) is 1.12. The number of aromatic amines is 1. The molecule has 5 aliphatic rings. The largest absolute Gasteiger partial charge is 0.343 e. The second-order valence-electron chi connectivity index (χ2n) is 13.4. The van der Waals surface area contributed by atoms with Crippen LogP contribution in [-0.2, 0) is 19.8 Å². The van der Waals surface area contributed by atoms with E-state index in [-0.39, 0.29) is 81.7 Å². The third kappa shape index (κ3) is 4.05. The Labute approximate surface area is 243 Å². The molecule has 3 aliphatic heterocycles. The number of H-pyrrole nitrogens is 1. The molecule has 7 atom stereocenters. The lowest BCUT2D eigenvalue weighted by Crippen LogP contribution is -2.42. The number of carbonyl (C=O) groups is 3. The van der Waals surface area contributed by atoms with E-state index in [9.17, 15) is 19.2 Å². The Hall–Kier alpha value is -2.39. The van der Waals surface area contributed by atoms with E-state index >= 15 is 0 Å². The van der Waals surface area contributed by atoms with Crippen molar-refractivity contribution in [3.63, 3.8) is 0 Å². The Balaban J connectivity index is 1.17. The zero-order chi connectivity index (χ0) is 27.9. The molecule has 40 heavy (non-hydrogen) atoms. The first-order valence-corrected chi connectivity index (χ1v) is 16.5. The molecular weight excluding hydrogens is 542 g/mol. The molecule has 4 fully saturated rings. The number of thioether (sulfide) groups is 1. The van der Waals surface area contributed by atoms with E-state index in [1.807, 2.05) is 4.90 Å².